The molecule has 1 aliphatic rings. The zero-order valence-corrected chi connectivity index (χ0v) is 12.3. The molecule has 0 spiro atoms. The molecule has 0 radical (unpaired) electrons. The highest BCUT2D eigenvalue weighted by Gasteiger charge is 2.26. The Kier molecular flexibility index (Phi) is 4.77. The highest BCUT2D eigenvalue weighted by molar-refractivity contribution is 5.90. The Bertz CT molecular complexity index is 544. The Morgan fingerprint density at radius 3 is 2.81 bits per heavy atom. The van der Waals surface area contributed by atoms with E-state index in [2.05, 4.69) is 4.98 Å². The lowest BCUT2D eigenvalue weighted by Crippen LogP contribution is -2.41. The van der Waals surface area contributed by atoms with Crippen molar-refractivity contribution in [2.24, 2.45) is 0 Å². The summed E-state index contributed by atoms with van der Waals surface area (Å²) in [7, 11) is 1.34. The molecule has 21 heavy (non-hydrogen) atoms. The van der Waals surface area contributed by atoms with Crippen LogP contribution in [0.15, 0.2) is 12.1 Å². The van der Waals surface area contributed by atoms with Gasteiger partial charge in [0, 0.05) is 12.6 Å². The van der Waals surface area contributed by atoms with Gasteiger partial charge in [-0.3, -0.25) is 4.79 Å². The fraction of sp³-hybridized carbons (Fsp3) is 0.533. The topological polar surface area (TPSA) is 79.7 Å². The van der Waals surface area contributed by atoms with Crippen LogP contribution < -0.4 is 4.90 Å². The summed E-state index contributed by atoms with van der Waals surface area (Å²) in [5.41, 5.74) is 1.03. The molecule has 6 nitrogen and oxygen atoms in total. The van der Waals surface area contributed by atoms with Crippen molar-refractivity contribution in [2.75, 3.05) is 18.6 Å². The Labute approximate surface area is 123 Å². The number of pyridine rings is 1. The monoisotopic (exact) mass is 292 g/mol. The Morgan fingerprint density at radius 2 is 2.19 bits per heavy atom. The Morgan fingerprint density at radius 1 is 1.43 bits per heavy atom. The molecule has 1 aliphatic heterocycles. The van der Waals surface area contributed by atoms with Crippen molar-refractivity contribution in [2.45, 2.75) is 38.6 Å². The largest absolute Gasteiger partial charge is 0.481 e. The van der Waals surface area contributed by atoms with Gasteiger partial charge in [-0.25, -0.2) is 9.78 Å². The number of hydrogen-bond donors (Lipinski definition) is 1. The molecule has 1 saturated heterocycles. The van der Waals surface area contributed by atoms with Crippen LogP contribution in [0.25, 0.3) is 0 Å². The van der Waals surface area contributed by atoms with E-state index < -0.39 is 11.9 Å². The van der Waals surface area contributed by atoms with Gasteiger partial charge in [0.1, 0.15) is 5.82 Å². The molecule has 0 amide bonds. The van der Waals surface area contributed by atoms with Crippen molar-refractivity contribution in [3.8, 4) is 0 Å². The third-order valence-corrected chi connectivity index (χ3v) is 3.81. The Hall–Kier alpha value is -2.11. The molecular weight excluding hydrogens is 272 g/mol. The maximum absolute atomic E-state index is 11.6. The van der Waals surface area contributed by atoms with Crippen molar-refractivity contribution in [3.63, 3.8) is 0 Å². The van der Waals surface area contributed by atoms with E-state index in [4.69, 9.17) is 9.84 Å². The first-order valence-corrected chi connectivity index (χ1v) is 7.07. The number of carboxylic acid groups (broad SMARTS) is 1. The van der Waals surface area contributed by atoms with E-state index in [1.807, 2.05) is 4.90 Å². The van der Waals surface area contributed by atoms with E-state index in [9.17, 15) is 9.59 Å². The number of nitrogens with zero attached hydrogens (tertiary/aromatic N) is 2. The van der Waals surface area contributed by atoms with E-state index in [0.29, 0.717) is 11.3 Å². The molecule has 1 atom stereocenters. The molecule has 0 aromatic carbocycles. The van der Waals surface area contributed by atoms with Gasteiger partial charge in [0.15, 0.2) is 0 Å². The number of esters is 1. The minimum atomic E-state index is -0.796. The predicted octanol–water partition coefficient (Wildman–Crippen LogP) is 2.01. The molecule has 1 fully saturated rings. The first-order valence-electron chi connectivity index (χ1n) is 7.07. The molecule has 114 valence electrons. The number of anilines is 1. The number of aryl methyl sites for hydroxylation is 1. The van der Waals surface area contributed by atoms with Gasteiger partial charge in [0.05, 0.1) is 24.8 Å². The summed E-state index contributed by atoms with van der Waals surface area (Å²) >= 11 is 0. The van der Waals surface area contributed by atoms with Crippen LogP contribution in [0.2, 0.25) is 0 Å². The molecule has 0 bridgehead atoms. The number of carboxylic acids is 1. The van der Waals surface area contributed by atoms with Crippen LogP contribution in [0.4, 0.5) is 5.82 Å². The third kappa shape index (κ3) is 3.51. The van der Waals surface area contributed by atoms with Crippen LogP contribution in [0.1, 0.15) is 41.7 Å². The highest BCUT2D eigenvalue weighted by atomic mass is 16.5. The quantitative estimate of drug-likeness (QED) is 0.855. The zero-order valence-electron chi connectivity index (χ0n) is 12.3. The molecule has 1 unspecified atom stereocenters. The molecule has 0 aliphatic carbocycles. The van der Waals surface area contributed by atoms with Crippen molar-refractivity contribution in [1.82, 2.24) is 4.98 Å². The third-order valence-electron chi connectivity index (χ3n) is 3.81. The van der Waals surface area contributed by atoms with E-state index in [0.717, 1.165) is 31.6 Å². The van der Waals surface area contributed by atoms with E-state index in [-0.39, 0.29) is 12.5 Å². The van der Waals surface area contributed by atoms with Crippen molar-refractivity contribution in [1.29, 1.82) is 0 Å². The maximum Gasteiger partial charge on any atom is 0.339 e. The van der Waals surface area contributed by atoms with Crippen molar-refractivity contribution >= 4 is 17.8 Å². The van der Waals surface area contributed by atoms with Crippen LogP contribution in [-0.4, -0.2) is 41.7 Å². The molecule has 1 aromatic rings. The number of aliphatic carboxylic acids is 1. The molecule has 1 aromatic heterocycles. The summed E-state index contributed by atoms with van der Waals surface area (Å²) in [6.45, 7) is 2.55. The summed E-state index contributed by atoms with van der Waals surface area (Å²) in [6.07, 6.45) is 3.02. The average Bonchev–Trinajstić information content (AvgIpc) is 2.46. The maximum atomic E-state index is 11.6. The lowest BCUT2D eigenvalue weighted by Gasteiger charge is -2.36. The second kappa shape index (κ2) is 6.56. The first-order chi connectivity index (χ1) is 10.0. The molecule has 2 rings (SSSR count). The van der Waals surface area contributed by atoms with Crippen LogP contribution in [-0.2, 0) is 9.53 Å². The number of hydrogen-bond acceptors (Lipinski definition) is 5. The number of methoxy groups -OCH3 is 1. The summed E-state index contributed by atoms with van der Waals surface area (Å²) in [5.74, 6) is -0.479. The summed E-state index contributed by atoms with van der Waals surface area (Å²) in [5, 5.41) is 9.03. The lowest BCUT2D eigenvalue weighted by atomic mass is 9.99. The number of carbonyl (C=O) groups excluding carboxylic acids is 1. The lowest BCUT2D eigenvalue weighted by molar-refractivity contribution is -0.137. The first kappa shape index (κ1) is 15.3. The fourth-order valence-corrected chi connectivity index (χ4v) is 2.75. The number of aromatic nitrogens is 1. The van der Waals surface area contributed by atoms with Crippen LogP contribution in [0.3, 0.4) is 0 Å². The summed E-state index contributed by atoms with van der Waals surface area (Å²) < 4.78 is 4.71. The van der Waals surface area contributed by atoms with Gasteiger partial charge in [-0.05, 0) is 38.3 Å². The van der Waals surface area contributed by atoms with Crippen LogP contribution in [0, 0.1) is 6.92 Å². The number of rotatable bonds is 4. The normalized spacial score (nSPS) is 18.4. The number of ether oxygens (including phenoxy) is 1. The van der Waals surface area contributed by atoms with Gasteiger partial charge < -0.3 is 14.7 Å². The molecule has 1 N–H and O–H groups in total. The van der Waals surface area contributed by atoms with Crippen LogP contribution in [0.5, 0.6) is 0 Å². The molecule has 0 saturated carbocycles. The van der Waals surface area contributed by atoms with Gasteiger partial charge in [-0.1, -0.05) is 0 Å². The van der Waals surface area contributed by atoms with Crippen molar-refractivity contribution in [3.05, 3.63) is 23.4 Å². The minimum Gasteiger partial charge on any atom is -0.481 e. The second-order valence-electron chi connectivity index (χ2n) is 5.23. The molecule has 6 heteroatoms. The van der Waals surface area contributed by atoms with Crippen LogP contribution >= 0.6 is 0 Å². The average molecular weight is 292 g/mol. The van der Waals surface area contributed by atoms with E-state index in [1.165, 1.54) is 7.11 Å². The van der Waals surface area contributed by atoms with Gasteiger partial charge in [0.25, 0.3) is 0 Å². The predicted molar refractivity (Wildman–Crippen MR) is 77.6 cm³/mol. The molecular formula is C15H20N2O4. The SMILES string of the molecule is COC(=O)c1ccc(N2CCCCC2CC(=O)O)nc1C. The van der Waals surface area contributed by atoms with Gasteiger partial charge in [0.2, 0.25) is 0 Å². The van der Waals surface area contributed by atoms with E-state index >= 15 is 0 Å². The number of piperidine rings is 1. The summed E-state index contributed by atoms with van der Waals surface area (Å²) in [6, 6.07) is 3.42. The van der Waals surface area contributed by atoms with Gasteiger partial charge >= 0.3 is 11.9 Å². The van der Waals surface area contributed by atoms with Gasteiger partial charge in [-0.15, -0.1) is 0 Å². The highest BCUT2D eigenvalue weighted by Crippen LogP contribution is 2.26. The van der Waals surface area contributed by atoms with E-state index in [1.54, 1.807) is 19.1 Å². The minimum absolute atomic E-state index is 0.0351. The van der Waals surface area contributed by atoms with Crippen molar-refractivity contribution < 1.29 is 19.4 Å². The second-order valence-corrected chi connectivity index (χ2v) is 5.23. The molecule has 2 heterocycles. The zero-order chi connectivity index (χ0) is 15.4. The fourth-order valence-electron chi connectivity index (χ4n) is 2.75. The summed E-state index contributed by atoms with van der Waals surface area (Å²) in [4.78, 5) is 29.1. The van der Waals surface area contributed by atoms with Gasteiger partial charge in [-0.2, -0.15) is 0 Å². The number of carbonyl (C=O) groups is 2. The smallest absolute Gasteiger partial charge is 0.339 e. The standard InChI is InChI=1S/C15H20N2O4/c1-10-12(15(20)21-2)6-7-13(16-10)17-8-4-3-5-11(17)9-14(18)19/h6-7,11H,3-5,8-9H2,1-2H3,(H,18,19). The Balaban J connectivity index is 2.25.